The fourth-order valence-electron chi connectivity index (χ4n) is 3.91. The molecule has 0 radical (unpaired) electrons. The Bertz CT molecular complexity index is 1170. The summed E-state index contributed by atoms with van der Waals surface area (Å²) in [6.07, 6.45) is -7.16. The van der Waals surface area contributed by atoms with Gasteiger partial charge in [0.2, 0.25) is 5.95 Å². The highest BCUT2D eigenvalue weighted by Crippen LogP contribution is 2.38. The van der Waals surface area contributed by atoms with Gasteiger partial charge in [-0.3, -0.25) is 4.79 Å². The van der Waals surface area contributed by atoms with E-state index in [1.54, 1.807) is 6.92 Å². The second kappa shape index (κ2) is 9.31. The molecule has 1 aliphatic rings. The second-order valence-electron chi connectivity index (χ2n) is 7.91. The molecule has 2 aromatic heterocycles. The fourth-order valence-corrected chi connectivity index (χ4v) is 4.97. The summed E-state index contributed by atoms with van der Waals surface area (Å²) < 4.78 is 43.8. The number of aliphatic hydroxyl groups excluding tert-OH is 2. The first-order chi connectivity index (χ1) is 16.1. The predicted octanol–water partition coefficient (Wildman–Crippen LogP) is 2.73. The minimum Gasteiger partial charge on any atom is -0.469 e. The minimum atomic E-state index is -4.48. The molecular formula is C21H22F3N5O4S. The molecule has 13 heteroatoms. The van der Waals surface area contributed by atoms with E-state index in [2.05, 4.69) is 25.6 Å². The quantitative estimate of drug-likeness (QED) is 0.380. The number of aliphatic hydroxyl groups is 2. The molecule has 1 fully saturated rings. The van der Waals surface area contributed by atoms with Crippen LogP contribution in [0.3, 0.4) is 0 Å². The first-order valence-electron chi connectivity index (χ1n) is 10.3. The molecule has 1 aliphatic carbocycles. The van der Waals surface area contributed by atoms with Crippen molar-refractivity contribution in [1.82, 2.24) is 15.0 Å². The van der Waals surface area contributed by atoms with Gasteiger partial charge in [-0.05, 0) is 25.5 Å². The van der Waals surface area contributed by atoms with Gasteiger partial charge in [-0.15, -0.1) is 11.3 Å². The van der Waals surface area contributed by atoms with E-state index in [4.69, 9.17) is 4.74 Å². The topological polar surface area (TPSA) is 129 Å². The molecular weight excluding hydrogens is 475 g/mol. The van der Waals surface area contributed by atoms with Crippen LogP contribution in [0.2, 0.25) is 0 Å². The summed E-state index contributed by atoms with van der Waals surface area (Å²) in [6, 6.07) is 6.59. The van der Waals surface area contributed by atoms with Crippen LogP contribution in [0.15, 0.2) is 24.3 Å². The number of methoxy groups -OCH3 is 1. The van der Waals surface area contributed by atoms with Gasteiger partial charge in [0.15, 0.2) is 0 Å². The number of anilines is 2. The van der Waals surface area contributed by atoms with Gasteiger partial charge < -0.3 is 25.6 Å². The van der Waals surface area contributed by atoms with Gasteiger partial charge in [0.1, 0.15) is 23.5 Å². The van der Waals surface area contributed by atoms with Crippen LogP contribution in [0.5, 0.6) is 0 Å². The summed E-state index contributed by atoms with van der Waals surface area (Å²) in [5, 5.41) is 26.5. The Morgan fingerprint density at radius 2 is 1.94 bits per heavy atom. The number of nitrogens with one attached hydrogen (secondary N) is 2. The maximum atomic E-state index is 12.7. The number of nitrogens with zero attached hydrogens (tertiary/aromatic N) is 3. The summed E-state index contributed by atoms with van der Waals surface area (Å²) >= 11 is 1.35. The first kappa shape index (κ1) is 24.1. The van der Waals surface area contributed by atoms with E-state index in [0.29, 0.717) is 16.3 Å². The Labute approximate surface area is 196 Å². The van der Waals surface area contributed by atoms with Gasteiger partial charge in [0, 0.05) is 0 Å². The molecule has 0 amide bonds. The van der Waals surface area contributed by atoms with Crippen molar-refractivity contribution in [3.63, 3.8) is 0 Å². The van der Waals surface area contributed by atoms with Gasteiger partial charge in [-0.2, -0.15) is 18.2 Å². The van der Waals surface area contributed by atoms with Gasteiger partial charge in [-0.25, -0.2) is 9.97 Å². The van der Waals surface area contributed by atoms with Crippen molar-refractivity contribution < 1.29 is 32.9 Å². The number of hydrogen-bond acceptors (Lipinski definition) is 10. The van der Waals surface area contributed by atoms with Crippen molar-refractivity contribution >= 4 is 39.3 Å². The van der Waals surface area contributed by atoms with Crippen molar-refractivity contribution in [3.8, 4) is 10.6 Å². The molecule has 0 bridgehead atoms. The summed E-state index contributed by atoms with van der Waals surface area (Å²) in [5.41, 5.74) is 1.54. The molecule has 3 aromatic rings. The van der Waals surface area contributed by atoms with Crippen molar-refractivity contribution in [2.45, 2.75) is 37.8 Å². The average Bonchev–Trinajstić information content (AvgIpc) is 3.33. The van der Waals surface area contributed by atoms with Crippen LogP contribution in [0, 0.1) is 12.8 Å². The molecule has 4 N–H and O–H groups in total. The normalized spacial score (nSPS) is 22.7. The van der Waals surface area contributed by atoms with E-state index in [9.17, 15) is 28.2 Å². The standard InChI is InChI=1S/C21H22F3N5O4S/c1-9-14(18-28-11-5-3-4-6-13(11)34-18)17(29-20(26-9)25-8-21(22,23)24)27-12-7-10(19(32)33-2)15(30)16(12)31/h3-6,10,12,15-16,30-31H,7-8H2,1-2H3,(H2,25,26,27,29). The Morgan fingerprint density at radius 1 is 1.21 bits per heavy atom. The number of rotatable bonds is 6. The zero-order chi connectivity index (χ0) is 24.6. The van der Waals surface area contributed by atoms with Crippen LogP contribution in [0.4, 0.5) is 24.9 Å². The lowest BCUT2D eigenvalue weighted by atomic mass is 10.1. The molecule has 4 atom stereocenters. The number of thiazole rings is 1. The van der Waals surface area contributed by atoms with Crippen molar-refractivity contribution in [1.29, 1.82) is 0 Å². The molecule has 4 unspecified atom stereocenters. The number of benzene rings is 1. The lowest BCUT2D eigenvalue weighted by Crippen LogP contribution is -2.36. The van der Waals surface area contributed by atoms with E-state index in [0.717, 1.165) is 10.2 Å². The van der Waals surface area contributed by atoms with Crippen LogP contribution in [0.25, 0.3) is 20.8 Å². The number of carbonyl (C=O) groups excluding carboxylic acids is 1. The van der Waals surface area contributed by atoms with Crippen LogP contribution in [0.1, 0.15) is 12.1 Å². The highest BCUT2D eigenvalue weighted by atomic mass is 32.1. The minimum absolute atomic E-state index is 0.0304. The smallest absolute Gasteiger partial charge is 0.405 e. The number of esters is 1. The molecule has 0 saturated heterocycles. The fraction of sp³-hybridized carbons (Fsp3) is 0.429. The zero-order valence-electron chi connectivity index (χ0n) is 18.1. The SMILES string of the molecule is COC(=O)C1CC(Nc2nc(NCC(F)(F)F)nc(C)c2-c2nc3ccccc3s2)C(O)C1O. The van der Waals surface area contributed by atoms with Crippen LogP contribution in [-0.2, 0) is 9.53 Å². The van der Waals surface area contributed by atoms with Crippen LogP contribution in [-0.4, -0.2) is 69.2 Å². The molecule has 4 rings (SSSR count). The Kier molecular flexibility index (Phi) is 6.60. The van der Waals surface area contributed by atoms with Gasteiger partial charge in [0.25, 0.3) is 0 Å². The van der Waals surface area contributed by atoms with E-state index < -0.39 is 42.9 Å². The third kappa shape index (κ3) is 4.91. The van der Waals surface area contributed by atoms with Crippen molar-refractivity contribution in [2.75, 3.05) is 24.3 Å². The zero-order valence-corrected chi connectivity index (χ0v) is 18.9. The molecule has 182 valence electrons. The van der Waals surface area contributed by atoms with Gasteiger partial charge in [0.05, 0.1) is 46.6 Å². The van der Waals surface area contributed by atoms with E-state index in [1.807, 2.05) is 24.3 Å². The molecule has 0 spiro atoms. The van der Waals surface area contributed by atoms with Crippen LogP contribution < -0.4 is 10.6 Å². The lowest BCUT2D eigenvalue weighted by molar-refractivity contribution is -0.149. The number of aromatic nitrogens is 3. The Morgan fingerprint density at radius 3 is 2.62 bits per heavy atom. The van der Waals surface area contributed by atoms with E-state index in [-0.39, 0.29) is 18.2 Å². The number of fused-ring (bicyclic) bond motifs is 1. The average molecular weight is 497 g/mol. The second-order valence-corrected chi connectivity index (χ2v) is 8.94. The van der Waals surface area contributed by atoms with Crippen molar-refractivity contribution in [2.24, 2.45) is 5.92 Å². The summed E-state index contributed by atoms with van der Waals surface area (Å²) in [6.45, 7) is 0.283. The predicted molar refractivity (Wildman–Crippen MR) is 119 cm³/mol. The maximum Gasteiger partial charge on any atom is 0.405 e. The lowest BCUT2D eigenvalue weighted by Gasteiger charge is -2.21. The Hall–Kier alpha value is -3.03. The number of carbonyl (C=O) groups is 1. The Balaban J connectivity index is 1.73. The van der Waals surface area contributed by atoms with Gasteiger partial charge in [-0.1, -0.05) is 12.1 Å². The number of ether oxygens (including phenoxy) is 1. The largest absolute Gasteiger partial charge is 0.469 e. The molecule has 1 saturated carbocycles. The number of aryl methyl sites for hydroxylation is 1. The third-order valence-electron chi connectivity index (χ3n) is 5.55. The molecule has 0 aliphatic heterocycles. The summed E-state index contributed by atoms with van der Waals surface area (Å²) in [4.78, 5) is 25.0. The number of halogens is 3. The van der Waals surface area contributed by atoms with Crippen molar-refractivity contribution in [3.05, 3.63) is 30.0 Å². The number of alkyl halides is 3. The number of hydrogen-bond donors (Lipinski definition) is 4. The highest BCUT2D eigenvalue weighted by molar-refractivity contribution is 7.21. The highest BCUT2D eigenvalue weighted by Gasteiger charge is 2.46. The molecule has 34 heavy (non-hydrogen) atoms. The first-order valence-corrected chi connectivity index (χ1v) is 11.1. The summed E-state index contributed by atoms with van der Waals surface area (Å²) in [7, 11) is 1.18. The molecule has 9 nitrogen and oxygen atoms in total. The summed E-state index contributed by atoms with van der Waals surface area (Å²) in [5.74, 6) is -1.78. The monoisotopic (exact) mass is 497 g/mol. The van der Waals surface area contributed by atoms with E-state index >= 15 is 0 Å². The number of para-hydroxylation sites is 1. The molecule has 2 heterocycles. The van der Waals surface area contributed by atoms with E-state index in [1.165, 1.54) is 18.4 Å². The maximum absolute atomic E-state index is 12.7. The van der Waals surface area contributed by atoms with Crippen LogP contribution >= 0.6 is 11.3 Å². The molecule has 1 aromatic carbocycles. The third-order valence-corrected chi connectivity index (χ3v) is 6.61. The van der Waals surface area contributed by atoms with Gasteiger partial charge >= 0.3 is 12.1 Å².